The molecular formula is C14H21N3O. The number of nitrogens with zero attached hydrogens (tertiary/aromatic N) is 1. The molecule has 2 rings (SSSR count). The molecule has 4 nitrogen and oxygen atoms in total. The van der Waals surface area contributed by atoms with Crippen molar-refractivity contribution in [3.05, 3.63) is 24.0 Å². The maximum atomic E-state index is 11.9. The van der Waals surface area contributed by atoms with Crippen LogP contribution >= 0.6 is 0 Å². The molecule has 0 unspecified atom stereocenters. The highest BCUT2D eigenvalue weighted by molar-refractivity contribution is 5.92. The zero-order valence-corrected chi connectivity index (χ0v) is 11.4. The SMILES string of the molecule is CC1(C)C(CNC(=O)c2cc(N)ccn2)C1(C)C. The molecule has 1 heterocycles. The molecular weight excluding hydrogens is 226 g/mol. The zero-order valence-electron chi connectivity index (χ0n) is 11.4. The van der Waals surface area contributed by atoms with E-state index in [1.807, 2.05) is 0 Å². The fourth-order valence-corrected chi connectivity index (χ4v) is 2.70. The molecule has 3 N–H and O–H groups in total. The lowest BCUT2D eigenvalue weighted by molar-refractivity contribution is 0.0945. The normalized spacial score (nSPS) is 20.4. The third-order valence-corrected chi connectivity index (χ3v) is 4.80. The van der Waals surface area contributed by atoms with Crippen LogP contribution in [0.25, 0.3) is 0 Å². The van der Waals surface area contributed by atoms with E-state index >= 15 is 0 Å². The van der Waals surface area contributed by atoms with Gasteiger partial charge in [0, 0.05) is 18.4 Å². The minimum atomic E-state index is -0.152. The molecule has 0 atom stereocenters. The van der Waals surface area contributed by atoms with Crippen molar-refractivity contribution in [3.8, 4) is 0 Å². The van der Waals surface area contributed by atoms with Gasteiger partial charge in [-0.1, -0.05) is 27.7 Å². The van der Waals surface area contributed by atoms with Gasteiger partial charge in [-0.25, -0.2) is 0 Å². The van der Waals surface area contributed by atoms with E-state index in [2.05, 4.69) is 38.0 Å². The number of hydrogen-bond donors (Lipinski definition) is 2. The number of rotatable bonds is 3. The van der Waals surface area contributed by atoms with Crippen molar-refractivity contribution >= 4 is 11.6 Å². The first-order chi connectivity index (χ1) is 8.26. The summed E-state index contributed by atoms with van der Waals surface area (Å²) in [6.45, 7) is 9.64. The highest BCUT2D eigenvalue weighted by Crippen LogP contribution is 2.67. The van der Waals surface area contributed by atoms with E-state index in [9.17, 15) is 4.79 Å². The molecule has 98 valence electrons. The Morgan fingerprint density at radius 2 is 2.00 bits per heavy atom. The highest BCUT2D eigenvalue weighted by atomic mass is 16.1. The van der Waals surface area contributed by atoms with Crippen molar-refractivity contribution in [1.29, 1.82) is 0 Å². The van der Waals surface area contributed by atoms with Gasteiger partial charge in [0.1, 0.15) is 5.69 Å². The quantitative estimate of drug-likeness (QED) is 0.859. The molecule has 1 aromatic heterocycles. The molecule has 0 aliphatic heterocycles. The maximum Gasteiger partial charge on any atom is 0.269 e. The summed E-state index contributed by atoms with van der Waals surface area (Å²) in [5, 5.41) is 2.94. The summed E-state index contributed by atoms with van der Waals surface area (Å²) < 4.78 is 0. The summed E-state index contributed by atoms with van der Waals surface area (Å²) in [7, 11) is 0. The maximum absolute atomic E-state index is 11.9. The second kappa shape index (κ2) is 3.97. The van der Waals surface area contributed by atoms with E-state index in [1.165, 1.54) is 0 Å². The van der Waals surface area contributed by atoms with E-state index in [4.69, 9.17) is 5.73 Å². The van der Waals surface area contributed by atoms with Gasteiger partial charge in [-0.3, -0.25) is 9.78 Å². The van der Waals surface area contributed by atoms with Crippen LogP contribution in [0.5, 0.6) is 0 Å². The van der Waals surface area contributed by atoms with E-state index < -0.39 is 0 Å². The Kier molecular flexibility index (Phi) is 2.84. The summed E-state index contributed by atoms with van der Waals surface area (Å²) in [4.78, 5) is 15.9. The van der Waals surface area contributed by atoms with Crippen LogP contribution in [0.3, 0.4) is 0 Å². The number of aromatic nitrogens is 1. The number of nitrogens with one attached hydrogen (secondary N) is 1. The summed E-state index contributed by atoms with van der Waals surface area (Å²) >= 11 is 0. The number of nitrogens with two attached hydrogens (primary N) is 1. The van der Waals surface area contributed by atoms with E-state index in [-0.39, 0.29) is 16.7 Å². The first-order valence-electron chi connectivity index (χ1n) is 6.26. The number of hydrogen-bond acceptors (Lipinski definition) is 3. The molecule has 1 saturated carbocycles. The molecule has 1 fully saturated rings. The molecule has 4 heteroatoms. The van der Waals surface area contributed by atoms with E-state index in [1.54, 1.807) is 18.3 Å². The number of carbonyl (C=O) groups is 1. The summed E-state index contributed by atoms with van der Waals surface area (Å²) in [6, 6.07) is 3.27. The Morgan fingerprint density at radius 3 is 2.50 bits per heavy atom. The van der Waals surface area contributed by atoms with Crippen LogP contribution < -0.4 is 11.1 Å². The van der Waals surface area contributed by atoms with Gasteiger partial charge >= 0.3 is 0 Å². The topological polar surface area (TPSA) is 68.0 Å². The molecule has 1 aliphatic rings. The van der Waals surface area contributed by atoms with Crippen LogP contribution in [0.2, 0.25) is 0 Å². The zero-order chi connectivity index (χ0) is 13.6. The van der Waals surface area contributed by atoms with E-state index in [0.717, 1.165) is 0 Å². The fourth-order valence-electron chi connectivity index (χ4n) is 2.70. The van der Waals surface area contributed by atoms with Gasteiger partial charge in [0.25, 0.3) is 5.91 Å². The third kappa shape index (κ3) is 1.96. The van der Waals surface area contributed by atoms with Gasteiger partial charge in [0.15, 0.2) is 0 Å². The predicted octanol–water partition coefficient (Wildman–Crippen LogP) is 2.08. The lowest BCUT2D eigenvalue weighted by Gasteiger charge is -2.06. The highest BCUT2D eigenvalue weighted by Gasteiger charge is 2.64. The smallest absolute Gasteiger partial charge is 0.269 e. The van der Waals surface area contributed by atoms with Crippen LogP contribution in [-0.2, 0) is 0 Å². The number of pyridine rings is 1. The van der Waals surface area contributed by atoms with Gasteiger partial charge in [0.2, 0.25) is 0 Å². The van der Waals surface area contributed by atoms with Crippen LogP contribution in [0.4, 0.5) is 5.69 Å². The Hall–Kier alpha value is -1.58. The van der Waals surface area contributed by atoms with Crippen molar-refractivity contribution in [2.24, 2.45) is 16.7 Å². The first-order valence-corrected chi connectivity index (χ1v) is 6.26. The number of nitrogen functional groups attached to an aromatic ring is 1. The Balaban J connectivity index is 1.95. The van der Waals surface area contributed by atoms with Gasteiger partial charge in [-0.15, -0.1) is 0 Å². The summed E-state index contributed by atoms with van der Waals surface area (Å²) in [6.07, 6.45) is 1.55. The van der Waals surface area contributed by atoms with Crippen molar-refractivity contribution < 1.29 is 4.79 Å². The lowest BCUT2D eigenvalue weighted by atomic mass is 10.0. The Morgan fingerprint density at radius 1 is 1.39 bits per heavy atom. The van der Waals surface area contributed by atoms with Crippen molar-refractivity contribution in [1.82, 2.24) is 10.3 Å². The molecule has 0 aromatic carbocycles. The molecule has 0 saturated heterocycles. The van der Waals surface area contributed by atoms with Crippen molar-refractivity contribution in [3.63, 3.8) is 0 Å². The fraction of sp³-hybridized carbons (Fsp3) is 0.571. The Labute approximate surface area is 108 Å². The summed E-state index contributed by atoms with van der Waals surface area (Å²) in [5.74, 6) is 0.357. The Bertz CT molecular complexity index is 466. The number of anilines is 1. The number of carbonyl (C=O) groups excluding carboxylic acids is 1. The molecule has 0 bridgehead atoms. The van der Waals surface area contributed by atoms with Gasteiger partial charge in [0.05, 0.1) is 0 Å². The number of amides is 1. The van der Waals surface area contributed by atoms with Crippen LogP contribution in [-0.4, -0.2) is 17.4 Å². The minimum Gasteiger partial charge on any atom is -0.399 e. The lowest BCUT2D eigenvalue weighted by Crippen LogP contribution is -2.27. The predicted molar refractivity (Wildman–Crippen MR) is 72.0 cm³/mol. The average Bonchev–Trinajstić information content (AvgIpc) is 2.66. The molecule has 1 aliphatic carbocycles. The average molecular weight is 247 g/mol. The molecule has 0 spiro atoms. The second-order valence-electron chi connectivity index (χ2n) is 6.18. The minimum absolute atomic E-state index is 0.152. The van der Waals surface area contributed by atoms with Crippen molar-refractivity contribution in [2.75, 3.05) is 12.3 Å². The third-order valence-electron chi connectivity index (χ3n) is 4.80. The molecule has 0 radical (unpaired) electrons. The molecule has 1 amide bonds. The van der Waals surface area contributed by atoms with Crippen LogP contribution in [0.1, 0.15) is 38.2 Å². The molecule has 1 aromatic rings. The van der Waals surface area contributed by atoms with E-state index in [0.29, 0.717) is 23.8 Å². The van der Waals surface area contributed by atoms with Gasteiger partial charge in [-0.05, 0) is 28.9 Å². The van der Waals surface area contributed by atoms with Crippen LogP contribution in [0, 0.1) is 16.7 Å². The van der Waals surface area contributed by atoms with Crippen molar-refractivity contribution in [2.45, 2.75) is 27.7 Å². The van der Waals surface area contributed by atoms with Crippen LogP contribution in [0.15, 0.2) is 18.3 Å². The monoisotopic (exact) mass is 247 g/mol. The molecule has 18 heavy (non-hydrogen) atoms. The van der Waals surface area contributed by atoms with Gasteiger partial charge in [-0.2, -0.15) is 0 Å². The standard InChI is InChI=1S/C14H21N3O/c1-13(2)11(14(13,3)4)8-17-12(18)10-7-9(15)5-6-16-10/h5-7,11H,8H2,1-4H3,(H2,15,16)(H,17,18). The summed E-state index contributed by atoms with van der Waals surface area (Å²) in [5.41, 5.74) is 7.13. The first kappa shape index (κ1) is 12.9. The van der Waals surface area contributed by atoms with Gasteiger partial charge < -0.3 is 11.1 Å². The largest absolute Gasteiger partial charge is 0.399 e. The second-order valence-corrected chi connectivity index (χ2v) is 6.18.